The van der Waals surface area contributed by atoms with E-state index in [1.165, 1.54) is 39.5 Å². The first-order chi connectivity index (χ1) is 12.7. The molecule has 27 heavy (non-hydrogen) atoms. The van der Waals surface area contributed by atoms with Crippen LogP contribution in [0.15, 0.2) is 0 Å². The van der Waals surface area contributed by atoms with Crippen molar-refractivity contribution in [2.24, 2.45) is 0 Å². The number of hydrogen-bond acceptors (Lipinski definition) is 6. The first kappa shape index (κ1) is 30.8. The maximum Gasteiger partial charge on any atom is 0.313 e. The number of esters is 2. The van der Waals surface area contributed by atoms with Gasteiger partial charge in [-0.25, -0.2) is 0 Å². The number of hydrogen-bond donors (Lipinski definition) is 0. The molecule has 0 unspecified atom stereocenters. The zero-order chi connectivity index (χ0) is 21.5. The van der Waals surface area contributed by atoms with Crippen molar-refractivity contribution in [1.29, 1.82) is 0 Å². The molecule has 0 atom stereocenters. The normalized spacial score (nSPS) is 9.11. The Balaban J connectivity index is -0.000000320. The van der Waals surface area contributed by atoms with Crippen molar-refractivity contribution in [3.63, 3.8) is 0 Å². The molecule has 0 fully saturated rings. The van der Waals surface area contributed by atoms with E-state index < -0.39 is 11.9 Å². The van der Waals surface area contributed by atoms with Gasteiger partial charge in [0.05, 0.1) is 13.2 Å². The summed E-state index contributed by atoms with van der Waals surface area (Å²) in [6.07, 6.45) is 5.63. The van der Waals surface area contributed by atoms with Crippen LogP contribution in [-0.4, -0.2) is 57.9 Å². The molecule has 0 aliphatic rings. The fraction of sp³-hybridized carbons (Fsp3) is 0.800. The van der Waals surface area contributed by atoms with Crippen molar-refractivity contribution in [1.82, 2.24) is 0 Å². The fourth-order valence-electron chi connectivity index (χ4n) is 1.56. The van der Waals surface area contributed by atoms with Crippen molar-refractivity contribution in [2.75, 3.05) is 13.2 Å². The molecule has 0 aromatic rings. The van der Waals surface area contributed by atoms with E-state index in [2.05, 4.69) is 23.3 Å². The predicted octanol–water partition coefficient (Wildman–Crippen LogP) is 4.18. The Bertz CT molecular complexity index is 360. The molecule has 0 aliphatic carbocycles. The van der Waals surface area contributed by atoms with E-state index >= 15 is 0 Å². The molecule has 0 rings (SSSR count). The molecule has 0 aromatic carbocycles. The maximum absolute atomic E-state index is 10.4. The zero-order valence-corrected chi connectivity index (χ0v) is 20.9. The number of ketones is 2. The molecule has 0 N–H and O–H groups in total. The average molecular weight is 493 g/mol. The van der Waals surface area contributed by atoms with Crippen LogP contribution in [0.5, 0.6) is 0 Å². The molecule has 0 heterocycles. The molecule has 7 heteroatoms. The van der Waals surface area contributed by atoms with Crippen LogP contribution in [-0.2, 0) is 28.7 Å². The van der Waals surface area contributed by atoms with Crippen molar-refractivity contribution >= 4 is 44.6 Å². The van der Waals surface area contributed by atoms with Crippen LogP contribution in [0, 0.1) is 0 Å². The Hall–Kier alpha value is -0.921. The van der Waals surface area contributed by atoms with Crippen LogP contribution in [0.4, 0.5) is 0 Å². The van der Waals surface area contributed by atoms with Crippen molar-refractivity contribution in [3.8, 4) is 0 Å². The number of rotatable bonds is 12. The largest absolute Gasteiger partial charge is 0.466 e. The van der Waals surface area contributed by atoms with Gasteiger partial charge in [0.2, 0.25) is 0 Å². The van der Waals surface area contributed by atoms with E-state index in [4.69, 9.17) is 0 Å². The van der Waals surface area contributed by atoms with Gasteiger partial charge in [0.25, 0.3) is 0 Å². The number of Topliss-reactive ketones (excluding diaryl/α,β-unsaturated/α-hetero) is 2. The molecule has 158 valence electrons. The van der Waals surface area contributed by atoms with Gasteiger partial charge in [-0.1, -0.05) is 0 Å². The molecule has 0 amide bonds. The molecule has 0 saturated heterocycles. The van der Waals surface area contributed by atoms with Gasteiger partial charge in [0, 0.05) is 0 Å². The molecule has 2 radical (unpaired) electrons. The quantitative estimate of drug-likeness (QED) is 0.176. The Labute approximate surface area is 175 Å². The standard InChI is InChI=1S/2C6H10O3.2C4H9.Sn/c2*1-3-9-6(8)4-5(2)7;2*1-3-4-2;/h2*3-4H2,1-2H3;2*1,3-4H2,2H3;. The summed E-state index contributed by atoms with van der Waals surface area (Å²) >= 11 is 0.149. The summed E-state index contributed by atoms with van der Waals surface area (Å²) in [5.74, 6) is -1.20. The van der Waals surface area contributed by atoms with Gasteiger partial charge in [0.1, 0.15) is 24.4 Å². The van der Waals surface area contributed by atoms with Crippen molar-refractivity contribution in [3.05, 3.63) is 0 Å². The summed E-state index contributed by atoms with van der Waals surface area (Å²) in [7, 11) is 0. The van der Waals surface area contributed by atoms with E-state index in [1.54, 1.807) is 22.7 Å². The minimum absolute atomic E-state index is 0.103. The van der Waals surface area contributed by atoms with Gasteiger partial charge in [-0.3, -0.25) is 19.2 Å². The van der Waals surface area contributed by atoms with Crippen molar-refractivity contribution in [2.45, 2.75) is 88.9 Å². The van der Waals surface area contributed by atoms with Gasteiger partial charge in [-0.15, -0.1) is 0 Å². The van der Waals surface area contributed by atoms with Crippen LogP contribution < -0.4 is 0 Å². The van der Waals surface area contributed by atoms with Crippen molar-refractivity contribution < 1.29 is 28.7 Å². The molecule has 0 spiro atoms. The minimum atomic E-state index is -0.440. The third kappa shape index (κ3) is 36.7. The summed E-state index contributed by atoms with van der Waals surface area (Å²) < 4.78 is 12.2. The zero-order valence-electron chi connectivity index (χ0n) is 18.0. The number of ether oxygens (including phenoxy) is 2. The van der Waals surface area contributed by atoms with E-state index in [1.807, 2.05) is 0 Å². The second kappa shape index (κ2) is 25.1. The second-order valence-corrected chi connectivity index (χ2v) is 10.1. The summed E-state index contributed by atoms with van der Waals surface area (Å²) in [5.41, 5.74) is 0. The van der Waals surface area contributed by atoms with Gasteiger partial charge in [-0.2, -0.15) is 0 Å². The second-order valence-electron chi connectivity index (χ2n) is 5.82. The monoisotopic (exact) mass is 494 g/mol. The van der Waals surface area contributed by atoms with Gasteiger partial charge in [0.15, 0.2) is 0 Å². The average Bonchev–Trinajstić information content (AvgIpc) is 2.55. The Morgan fingerprint density at radius 3 is 1.22 bits per heavy atom. The summed E-state index contributed by atoms with van der Waals surface area (Å²) in [6, 6.07) is 0. The topological polar surface area (TPSA) is 86.7 Å². The Morgan fingerprint density at radius 2 is 1.00 bits per heavy atom. The molecular formula is C20H38O6Sn. The molecule has 0 aromatic heterocycles. The minimum Gasteiger partial charge on any atom is -0.466 e. The number of carbonyl (C=O) groups excluding carboxylic acids is 4. The van der Waals surface area contributed by atoms with E-state index in [9.17, 15) is 19.2 Å². The SMILES string of the molecule is CCC[CH2][Sn][CH2]CCC.CCOC(=O)CC(C)=O.CCOC(=O)CC(C)=O. The van der Waals surface area contributed by atoms with Crippen LogP contribution in [0.2, 0.25) is 8.87 Å². The third-order valence-corrected chi connectivity index (χ3v) is 6.85. The van der Waals surface area contributed by atoms with Gasteiger partial charge < -0.3 is 9.47 Å². The number of unbranched alkanes of at least 4 members (excludes halogenated alkanes) is 2. The first-order valence-corrected chi connectivity index (χ1v) is 13.8. The smallest absolute Gasteiger partial charge is 0.313 e. The fourth-order valence-corrected chi connectivity index (χ4v) is 5.72. The Morgan fingerprint density at radius 1 is 0.667 bits per heavy atom. The van der Waals surface area contributed by atoms with E-state index in [0.29, 0.717) is 13.2 Å². The third-order valence-electron chi connectivity index (χ3n) is 2.81. The molecule has 0 saturated carbocycles. The maximum atomic E-state index is 10.4. The van der Waals surface area contributed by atoms with Gasteiger partial charge in [-0.05, 0) is 27.7 Å². The molecule has 6 nitrogen and oxygen atoms in total. The first-order valence-electron chi connectivity index (χ1n) is 9.75. The summed E-state index contributed by atoms with van der Waals surface area (Å²) in [6.45, 7) is 11.4. The predicted molar refractivity (Wildman–Crippen MR) is 109 cm³/mol. The van der Waals surface area contributed by atoms with Crippen LogP contribution in [0.3, 0.4) is 0 Å². The molecular weight excluding hydrogens is 455 g/mol. The summed E-state index contributed by atoms with van der Waals surface area (Å²) in [4.78, 5) is 41.3. The summed E-state index contributed by atoms with van der Waals surface area (Å²) in [5, 5.41) is 0. The van der Waals surface area contributed by atoms with Crippen LogP contribution in [0.25, 0.3) is 0 Å². The van der Waals surface area contributed by atoms with Crippen LogP contribution >= 0.6 is 0 Å². The van der Waals surface area contributed by atoms with Crippen LogP contribution in [0.1, 0.15) is 80.1 Å². The molecule has 0 aliphatic heterocycles. The van der Waals surface area contributed by atoms with Gasteiger partial charge >= 0.3 is 81.5 Å². The Kier molecular flexibility index (Phi) is 28.6. The number of carbonyl (C=O) groups is 4. The van der Waals surface area contributed by atoms with E-state index in [-0.39, 0.29) is 45.6 Å². The van der Waals surface area contributed by atoms with E-state index in [0.717, 1.165) is 0 Å². The molecule has 0 bridgehead atoms.